The summed E-state index contributed by atoms with van der Waals surface area (Å²) < 4.78 is 7.21. The van der Waals surface area contributed by atoms with Crippen molar-refractivity contribution in [2.24, 2.45) is 10.1 Å². The van der Waals surface area contributed by atoms with Crippen LogP contribution >= 0.6 is 22.9 Å². The Balaban J connectivity index is 1.12. The fourth-order valence-corrected chi connectivity index (χ4v) is 8.35. The molecule has 10 nitrogen and oxygen atoms in total. The van der Waals surface area contributed by atoms with Gasteiger partial charge in [0.1, 0.15) is 29.2 Å². The van der Waals surface area contributed by atoms with Crippen LogP contribution in [0.3, 0.4) is 0 Å². The van der Waals surface area contributed by atoms with E-state index in [0.717, 1.165) is 76.4 Å². The van der Waals surface area contributed by atoms with Crippen molar-refractivity contribution in [3.8, 4) is 5.00 Å². The van der Waals surface area contributed by atoms with Crippen LogP contribution in [0.2, 0.25) is 5.02 Å². The van der Waals surface area contributed by atoms with E-state index in [-0.39, 0.29) is 12.0 Å². The van der Waals surface area contributed by atoms with E-state index in [1.165, 1.54) is 16.0 Å². The minimum absolute atomic E-state index is 0.165. The van der Waals surface area contributed by atoms with Crippen molar-refractivity contribution in [3.05, 3.63) is 128 Å². The minimum atomic E-state index is -0.182. The number of aromatic nitrogens is 4. The lowest BCUT2D eigenvalue weighted by molar-refractivity contribution is -0.143. The number of halogens is 1. The zero-order chi connectivity index (χ0) is 35.3. The van der Waals surface area contributed by atoms with E-state index in [4.69, 9.17) is 26.2 Å². The standard InChI is InChI=1S/C39H40ClN7O3S/c1-4-49-34(48)16-7-8-20-50-45-36(29-13-10-18-41-22-29)28-12-9-11-27(21-28)23-46-19-17-31-33(24-46)51-39-35(31)37(30-14-5-6-15-32(30)40)42-25(2)38-44-43-26(3)47(38)39/h5-6,9-15,18,21-22,25H,4,7-8,16-17,19-20,23-24H2,1-3H3/b45-36-. The van der Waals surface area contributed by atoms with Gasteiger partial charge in [0.25, 0.3) is 0 Å². The van der Waals surface area contributed by atoms with Gasteiger partial charge in [-0.05, 0) is 75.4 Å². The first-order chi connectivity index (χ1) is 24.9. The topological polar surface area (TPSA) is 107 Å². The fourth-order valence-electron chi connectivity index (χ4n) is 6.68. The zero-order valence-corrected chi connectivity index (χ0v) is 30.6. The number of fused-ring (bicyclic) bond motifs is 5. The molecule has 1 unspecified atom stereocenters. The molecule has 0 aliphatic carbocycles. The van der Waals surface area contributed by atoms with Crippen LogP contribution in [-0.2, 0) is 33.9 Å². The highest BCUT2D eigenvalue weighted by Gasteiger charge is 2.34. The highest BCUT2D eigenvalue weighted by atomic mass is 35.5. The van der Waals surface area contributed by atoms with Gasteiger partial charge in [0.2, 0.25) is 0 Å². The van der Waals surface area contributed by atoms with Gasteiger partial charge in [-0.15, -0.1) is 21.5 Å². The van der Waals surface area contributed by atoms with E-state index in [1.54, 1.807) is 23.7 Å². The van der Waals surface area contributed by atoms with Crippen molar-refractivity contribution in [1.82, 2.24) is 24.6 Å². The first-order valence-corrected chi connectivity index (χ1v) is 18.6. The van der Waals surface area contributed by atoms with E-state index in [9.17, 15) is 4.79 Å². The van der Waals surface area contributed by atoms with Crippen molar-refractivity contribution in [2.45, 2.75) is 65.6 Å². The average molecular weight is 722 g/mol. The minimum Gasteiger partial charge on any atom is -0.466 e. The number of ether oxygens (including phenoxy) is 1. The highest BCUT2D eigenvalue weighted by Crippen LogP contribution is 2.42. The molecule has 2 aromatic carbocycles. The summed E-state index contributed by atoms with van der Waals surface area (Å²) in [6.45, 7) is 9.19. The molecular weight excluding hydrogens is 682 g/mol. The molecule has 0 amide bonds. The first kappa shape index (κ1) is 34.7. The van der Waals surface area contributed by atoms with Crippen LogP contribution < -0.4 is 0 Å². The average Bonchev–Trinajstić information content (AvgIpc) is 3.67. The molecule has 0 spiro atoms. The van der Waals surface area contributed by atoms with Crippen LogP contribution in [0.25, 0.3) is 5.00 Å². The maximum atomic E-state index is 11.7. The van der Waals surface area contributed by atoms with Crippen molar-refractivity contribution >= 4 is 40.3 Å². The maximum absolute atomic E-state index is 11.7. The van der Waals surface area contributed by atoms with E-state index in [0.29, 0.717) is 37.5 Å². The molecule has 0 N–H and O–H groups in total. The molecule has 5 heterocycles. The Morgan fingerprint density at radius 1 is 1.08 bits per heavy atom. The van der Waals surface area contributed by atoms with Crippen LogP contribution in [-0.4, -0.2) is 61.8 Å². The Kier molecular flexibility index (Phi) is 10.7. The molecule has 51 heavy (non-hydrogen) atoms. The summed E-state index contributed by atoms with van der Waals surface area (Å²) in [4.78, 5) is 30.8. The van der Waals surface area contributed by atoms with Crippen LogP contribution in [0.15, 0.2) is 83.2 Å². The summed E-state index contributed by atoms with van der Waals surface area (Å²) in [6.07, 6.45) is 6.20. The molecule has 0 saturated heterocycles. The van der Waals surface area contributed by atoms with E-state index in [1.807, 2.05) is 44.2 Å². The van der Waals surface area contributed by atoms with Gasteiger partial charge in [0.15, 0.2) is 5.82 Å². The molecular formula is C39H40ClN7O3S. The Morgan fingerprint density at radius 3 is 2.76 bits per heavy atom. The lowest BCUT2D eigenvalue weighted by Crippen LogP contribution is -2.30. The monoisotopic (exact) mass is 721 g/mol. The predicted octanol–water partition coefficient (Wildman–Crippen LogP) is 7.66. The number of unbranched alkanes of at least 4 members (excludes halogenated alkanes) is 1. The summed E-state index contributed by atoms with van der Waals surface area (Å²) in [5.41, 5.74) is 8.08. The number of aryl methyl sites for hydroxylation is 1. The van der Waals surface area contributed by atoms with E-state index in [2.05, 4.69) is 67.1 Å². The number of carbonyl (C=O) groups excluding carboxylic acids is 1. The smallest absolute Gasteiger partial charge is 0.305 e. The molecule has 7 rings (SSSR count). The van der Waals surface area contributed by atoms with Crippen LogP contribution in [0.4, 0.5) is 0 Å². The summed E-state index contributed by atoms with van der Waals surface area (Å²) in [6, 6.07) is 20.2. The Bertz CT molecular complexity index is 2090. The third-order valence-electron chi connectivity index (χ3n) is 9.10. The SMILES string of the molecule is CCOC(=O)CCCCO/N=C(\c1cccnc1)c1cccc(CN2CCc3c(sc4c3C(c3ccccc3Cl)=NC(C)c3nnc(C)n3-4)C2)c1. The summed E-state index contributed by atoms with van der Waals surface area (Å²) in [7, 11) is 0. The van der Waals surface area contributed by atoms with Crippen molar-refractivity contribution in [3.63, 3.8) is 0 Å². The molecule has 5 aromatic rings. The quantitative estimate of drug-likeness (QED) is 0.0564. The first-order valence-electron chi connectivity index (χ1n) is 17.4. The van der Waals surface area contributed by atoms with Crippen molar-refractivity contribution < 1.29 is 14.4 Å². The van der Waals surface area contributed by atoms with Crippen molar-refractivity contribution in [1.29, 1.82) is 0 Å². The molecule has 1 atom stereocenters. The molecule has 0 bridgehead atoms. The second kappa shape index (κ2) is 15.7. The van der Waals surface area contributed by atoms with Crippen LogP contribution in [0.5, 0.6) is 0 Å². The molecule has 0 radical (unpaired) electrons. The second-order valence-electron chi connectivity index (χ2n) is 12.7. The van der Waals surface area contributed by atoms with E-state index < -0.39 is 0 Å². The van der Waals surface area contributed by atoms with Gasteiger partial charge in [0.05, 0.1) is 12.3 Å². The number of hydrogen-bond donors (Lipinski definition) is 0. The molecule has 0 fully saturated rings. The molecule has 2 aliphatic heterocycles. The number of nitrogens with zero attached hydrogens (tertiary/aromatic N) is 7. The number of hydrogen-bond acceptors (Lipinski definition) is 10. The number of esters is 1. The van der Waals surface area contributed by atoms with Crippen molar-refractivity contribution in [2.75, 3.05) is 19.8 Å². The van der Waals surface area contributed by atoms with Gasteiger partial charge in [-0.1, -0.05) is 53.2 Å². The van der Waals surface area contributed by atoms with Crippen LogP contribution in [0, 0.1) is 6.92 Å². The number of thiophene rings is 1. The zero-order valence-electron chi connectivity index (χ0n) is 29.0. The van der Waals surface area contributed by atoms with Gasteiger partial charge in [-0.3, -0.25) is 24.2 Å². The van der Waals surface area contributed by atoms with Crippen LogP contribution in [0.1, 0.15) is 89.1 Å². The third kappa shape index (κ3) is 7.51. The molecule has 0 saturated carbocycles. The summed E-state index contributed by atoms with van der Waals surface area (Å²) >= 11 is 8.60. The Hall–Kier alpha value is -4.71. The summed E-state index contributed by atoms with van der Waals surface area (Å²) in [5, 5.41) is 15.3. The Morgan fingerprint density at radius 2 is 1.94 bits per heavy atom. The number of benzene rings is 2. The number of rotatable bonds is 12. The molecule has 2 aliphatic rings. The fraction of sp³-hybridized carbons (Fsp3) is 0.333. The summed E-state index contributed by atoms with van der Waals surface area (Å²) in [5.74, 6) is 1.51. The third-order valence-corrected chi connectivity index (χ3v) is 10.6. The largest absolute Gasteiger partial charge is 0.466 e. The molecule has 262 valence electrons. The number of oxime groups is 1. The van der Waals surface area contributed by atoms with Gasteiger partial charge < -0.3 is 9.57 Å². The van der Waals surface area contributed by atoms with Gasteiger partial charge >= 0.3 is 5.97 Å². The molecule has 12 heteroatoms. The number of carbonyl (C=O) groups is 1. The van der Waals surface area contributed by atoms with Gasteiger partial charge in [-0.2, -0.15) is 0 Å². The van der Waals surface area contributed by atoms with Gasteiger partial charge in [0, 0.05) is 70.6 Å². The highest BCUT2D eigenvalue weighted by molar-refractivity contribution is 7.15. The second-order valence-corrected chi connectivity index (χ2v) is 14.2. The molecule has 3 aromatic heterocycles. The predicted molar refractivity (Wildman–Crippen MR) is 200 cm³/mol. The lowest BCUT2D eigenvalue weighted by atomic mass is 9.95. The van der Waals surface area contributed by atoms with Gasteiger partial charge in [-0.25, -0.2) is 0 Å². The van der Waals surface area contributed by atoms with E-state index >= 15 is 0 Å². The number of pyridine rings is 1. The number of aliphatic imine (C=N–C) groups is 1. The lowest BCUT2D eigenvalue weighted by Gasteiger charge is -2.27. The maximum Gasteiger partial charge on any atom is 0.305 e. The normalized spacial score (nSPS) is 15.7. The Labute approximate surface area is 306 Å².